The lowest BCUT2D eigenvalue weighted by Crippen LogP contribution is -2.50. The summed E-state index contributed by atoms with van der Waals surface area (Å²) in [7, 11) is 0. The maximum atomic E-state index is 10.8. The molecule has 0 radical (unpaired) electrons. The number of ether oxygens (including phenoxy) is 1. The lowest BCUT2D eigenvalue weighted by atomic mass is 9.86. The molecule has 4 nitrogen and oxygen atoms in total. The molecule has 1 heterocycles. The van der Waals surface area contributed by atoms with E-state index in [0.29, 0.717) is 11.6 Å². The van der Waals surface area contributed by atoms with Gasteiger partial charge in [-0.1, -0.05) is 6.42 Å². The molecule has 0 aromatic heterocycles. The molecule has 1 saturated carbocycles. The van der Waals surface area contributed by atoms with Crippen LogP contribution in [0.2, 0.25) is 0 Å². The summed E-state index contributed by atoms with van der Waals surface area (Å²) in [6.45, 7) is 2.48. The summed E-state index contributed by atoms with van der Waals surface area (Å²) in [5.74, 6) is -0.123. The predicted octanol–water partition coefficient (Wildman–Crippen LogP) is 2.78. The number of likely N-dealkylation sites (tertiary alicyclic amines) is 1. The number of carboxylic acid groups (broad SMARTS) is 1. The van der Waals surface area contributed by atoms with Gasteiger partial charge in [-0.05, 0) is 50.2 Å². The minimum Gasteiger partial charge on any atom is -0.490 e. The van der Waals surface area contributed by atoms with Crippen molar-refractivity contribution in [3.8, 4) is 5.75 Å². The zero-order valence-electron chi connectivity index (χ0n) is 11.6. The number of carbonyl (C=O) groups is 1. The molecule has 0 spiro atoms. The molecule has 0 unspecified atom stereocenters. The van der Waals surface area contributed by atoms with E-state index < -0.39 is 5.97 Å². The molecule has 0 bridgehead atoms. The number of hydrogen-bond acceptors (Lipinski definition) is 3. The Kier molecular flexibility index (Phi) is 3.92. The van der Waals surface area contributed by atoms with Crippen molar-refractivity contribution in [3.63, 3.8) is 0 Å². The van der Waals surface area contributed by atoms with E-state index in [1.165, 1.54) is 32.4 Å². The minimum absolute atomic E-state index is 0.289. The van der Waals surface area contributed by atoms with Gasteiger partial charge in [0.1, 0.15) is 11.9 Å². The van der Waals surface area contributed by atoms with Gasteiger partial charge >= 0.3 is 5.97 Å². The molecular formula is C16H21NO3. The summed E-state index contributed by atoms with van der Waals surface area (Å²) in [6.07, 6.45) is 6.52. The van der Waals surface area contributed by atoms with Gasteiger partial charge in [0.15, 0.2) is 0 Å². The second kappa shape index (κ2) is 5.83. The van der Waals surface area contributed by atoms with Crippen molar-refractivity contribution in [2.24, 2.45) is 0 Å². The van der Waals surface area contributed by atoms with E-state index in [4.69, 9.17) is 9.84 Å². The van der Waals surface area contributed by atoms with Crippen molar-refractivity contribution < 1.29 is 14.6 Å². The number of carboxylic acids is 1. The standard InChI is InChI=1S/C16H21NO3/c18-16(19)12-4-6-14(7-5-12)20-15-10-13(11-15)17-8-2-1-3-9-17/h4-7,13,15H,1-3,8-11H2,(H,18,19). The van der Waals surface area contributed by atoms with Crippen molar-refractivity contribution >= 4 is 5.97 Å². The van der Waals surface area contributed by atoms with Gasteiger partial charge in [0.25, 0.3) is 0 Å². The summed E-state index contributed by atoms with van der Waals surface area (Å²) in [6, 6.07) is 7.38. The van der Waals surface area contributed by atoms with E-state index in [-0.39, 0.29) is 6.10 Å². The fourth-order valence-corrected chi connectivity index (χ4v) is 3.08. The van der Waals surface area contributed by atoms with Crippen molar-refractivity contribution in [1.82, 2.24) is 4.90 Å². The van der Waals surface area contributed by atoms with Crippen LogP contribution >= 0.6 is 0 Å². The van der Waals surface area contributed by atoms with Crippen LogP contribution in [0.1, 0.15) is 42.5 Å². The third kappa shape index (κ3) is 2.96. The predicted molar refractivity (Wildman–Crippen MR) is 76.3 cm³/mol. The molecule has 2 aliphatic rings. The molecule has 1 aromatic carbocycles. The molecule has 1 N–H and O–H groups in total. The Bertz CT molecular complexity index is 459. The first-order chi connectivity index (χ1) is 9.72. The Morgan fingerprint density at radius 3 is 2.35 bits per heavy atom. The van der Waals surface area contributed by atoms with Crippen molar-refractivity contribution in [1.29, 1.82) is 0 Å². The summed E-state index contributed by atoms with van der Waals surface area (Å²) in [5, 5.41) is 8.85. The Morgan fingerprint density at radius 2 is 1.75 bits per heavy atom. The fraction of sp³-hybridized carbons (Fsp3) is 0.562. The second-order valence-electron chi connectivity index (χ2n) is 5.79. The number of piperidine rings is 1. The maximum absolute atomic E-state index is 10.8. The lowest BCUT2D eigenvalue weighted by molar-refractivity contribution is 0.00892. The van der Waals surface area contributed by atoms with Crippen LogP contribution in [0.25, 0.3) is 0 Å². The monoisotopic (exact) mass is 275 g/mol. The zero-order chi connectivity index (χ0) is 13.9. The van der Waals surface area contributed by atoms with E-state index in [2.05, 4.69) is 4.90 Å². The molecule has 4 heteroatoms. The van der Waals surface area contributed by atoms with Crippen LogP contribution in [-0.2, 0) is 0 Å². The number of hydrogen-bond donors (Lipinski definition) is 1. The first-order valence-electron chi connectivity index (χ1n) is 7.46. The minimum atomic E-state index is -0.898. The van der Waals surface area contributed by atoms with Crippen LogP contribution in [-0.4, -0.2) is 41.2 Å². The first kappa shape index (κ1) is 13.4. The van der Waals surface area contributed by atoms with Crippen LogP contribution in [0.15, 0.2) is 24.3 Å². The summed E-state index contributed by atoms with van der Waals surface area (Å²) < 4.78 is 5.89. The van der Waals surface area contributed by atoms with Crippen molar-refractivity contribution in [2.45, 2.75) is 44.2 Å². The van der Waals surface area contributed by atoms with Crippen molar-refractivity contribution in [3.05, 3.63) is 29.8 Å². The Hall–Kier alpha value is -1.55. The molecule has 2 fully saturated rings. The maximum Gasteiger partial charge on any atom is 0.335 e. The quantitative estimate of drug-likeness (QED) is 0.918. The number of aromatic carboxylic acids is 1. The SMILES string of the molecule is O=C(O)c1ccc(OC2CC(N3CCCCC3)C2)cc1. The van der Waals surface area contributed by atoms with Gasteiger partial charge in [-0.2, -0.15) is 0 Å². The third-order valence-electron chi connectivity index (χ3n) is 4.38. The van der Waals surface area contributed by atoms with Gasteiger partial charge in [-0.25, -0.2) is 4.79 Å². The second-order valence-corrected chi connectivity index (χ2v) is 5.79. The Labute approximate surface area is 119 Å². The van der Waals surface area contributed by atoms with E-state index in [1.807, 2.05) is 0 Å². The van der Waals surface area contributed by atoms with Crippen LogP contribution in [0.4, 0.5) is 0 Å². The Morgan fingerprint density at radius 1 is 1.10 bits per heavy atom. The molecule has 1 aliphatic carbocycles. The molecule has 108 valence electrons. The van der Waals surface area contributed by atoms with E-state index >= 15 is 0 Å². The number of benzene rings is 1. The lowest BCUT2D eigenvalue weighted by Gasteiger charge is -2.44. The van der Waals surface area contributed by atoms with E-state index in [0.717, 1.165) is 18.6 Å². The molecule has 1 aliphatic heterocycles. The summed E-state index contributed by atoms with van der Waals surface area (Å²) >= 11 is 0. The van der Waals surface area contributed by atoms with Crippen LogP contribution in [0, 0.1) is 0 Å². The van der Waals surface area contributed by atoms with Crippen LogP contribution < -0.4 is 4.74 Å². The zero-order valence-corrected chi connectivity index (χ0v) is 11.6. The smallest absolute Gasteiger partial charge is 0.335 e. The molecule has 0 atom stereocenters. The number of nitrogens with zero attached hydrogens (tertiary/aromatic N) is 1. The highest BCUT2D eigenvalue weighted by atomic mass is 16.5. The first-order valence-corrected chi connectivity index (χ1v) is 7.46. The molecule has 1 aromatic rings. The molecule has 3 rings (SSSR count). The fourth-order valence-electron chi connectivity index (χ4n) is 3.08. The van der Waals surface area contributed by atoms with Crippen molar-refractivity contribution in [2.75, 3.05) is 13.1 Å². The topological polar surface area (TPSA) is 49.8 Å². The van der Waals surface area contributed by atoms with Crippen LogP contribution in [0.3, 0.4) is 0 Å². The average molecular weight is 275 g/mol. The molecule has 20 heavy (non-hydrogen) atoms. The van der Waals surface area contributed by atoms with Gasteiger partial charge in [0.05, 0.1) is 5.56 Å². The Balaban J connectivity index is 1.47. The van der Waals surface area contributed by atoms with Crippen LogP contribution in [0.5, 0.6) is 5.75 Å². The van der Waals surface area contributed by atoms with Gasteiger partial charge in [0, 0.05) is 18.9 Å². The van der Waals surface area contributed by atoms with Gasteiger partial charge in [-0.3, -0.25) is 0 Å². The van der Waals surface area contributed by atoms with Gasteiger partial charge < -0.3 is 14.7 Å². The average Bonchev–Trinajstić information content (AvgIpc) is 2.44. The summed E-state index contributed by atoms with van der Waals surface area (Å²) in [4.78, 5) is 13.4. The van der Waals surface area contributed by atoms with E-state index in [1.54, 1.807) is 24.3 Å². The number of rotatable bonds is 4. The molecule has 0 amide bonds. The third-order valence-corrected chi connectivity index (χ3v) is 4.38. The van der Waals surface area contributed by atoms with E-state index in [9.17, 15) is 4.79 Å². The highest BCUT2D eigenvalue weighted by molar-refractivity contribution is 5.87. The highest BCUT2D eigenvalue weighted by Gasteiger charge is 2.35. The summed E-state index contributed by atoms with van der Waals surface area (Å²) in [5.41, 5.74) is 0.303. The largest absolute Gasteiger partial charge is 0.490 e. The molecule has 1 saturated heterocycles. The van der Waals surface area contributed by atoms with Gasteiger partial charge in [-0.15, -0.1) is 0 Å². The normalized spacial score (nSPS) is 26.8. The van der Waals surface area contributed by atoms with Gasteiger partial charge in [0.2, 0.25) is 0 Å². The molecular weight excluding hydrogens is 254 g/mol. The highest BCUT2D eigenvalue weighted by Crippen LogP contribution is 2.31.